The zero-order chi connectivity index (χ0) is 19.8. The summed E-state index contributed by atoms with van der Waals surface area (Å²) < 4.78 is 32.1. The summed E-state index contributed by atoms with van der Waals surface area (Å²) >= 11 is 0. The first-order valence-electron chi connectivity index (χ1n) is 9.58. The molecule has 0 radical (unpaired) electrons. The number of carboxylic acids is 1. The first kappa shape index (κ1) is 17.6. The van der Waals surface area contributed by atoms with E-state index in [2.05, 4.69) is 5.32 Å². The van der Waals surface area contributed by atoms with Gasteiger partial charge in [-0.05, 0) is 38.8 Å². The topological polar surface area (TPSA) is 74.6 Å². The van der Waals surface area contributed by atoms with E-state index in [-0.39, 0.29) is 28.0 Å². The number of rotatable bonds is 4. The number of hydrogen-bond acceptors (Lipinski definition) is 4. The first-order valence-corrected chi connectivity index (χ1v) is 9.58. The monoisotopic (exact) mass is 389 g/mol. The van der Waals surface area contributed by atoms with Gasteiger partial charge in [0.05, 0.1) is 10.9 Å². The molecule has 3 fully saturated rings. The highest BCUT2D eigenvalue weighted by atomic mass is 19.1. The number of pyridine rings is 1. The highest BCUT2D eigenvalue weighted by Gasteiger charge is 2.57. The van der Waals surface area contributed by atoms with Crippen molar-refractivity contribution in [1.82, 2.24) is 9.88 Å². The number of hydrogen-bond donors (Lipinski definition) is 2. The molecule has 5 rings (SSSR count). The number of anilines is 1. The van der Waals surface area contributed by atoms with Crippen LogP contribution in [0.2, 0.25) is 0 Å². The molecule has 8 heteroatoms. The lowest BCUT2D eigenvalue weighted by molar-refractivity contribution is 0.0695. The SMILES string of the molecule is CNC1CC12CCN(c1c(F)cc3c(=O)c(C(=O)O)cn(C4CC4)c3c1F)C2. The summed E-state index contributed by atoms with van der Waals surface area (Å²) in [5.74, 6) is -2.97. The maximum absolute atomic E-state index is 15.6. The molecule has 0 bridgehead atoms. The Bertz CT molecular complexity index is 1080. The molecular formula is C20H21F2N3O3. The predicted molar refractivity (Wildman–Crippen MR) is 100 cm³/mol. The molecule has 28 heavy (non-hydrogen) atoms. The Morgan fingerprint density at radius 1 is 1.36 bits per heavy atom. The fourth-order valence-corrected chi connectivity index (χ4v) is 4.81. The van der Waals surface area contributed by atoms with E-state index in [9.17, 15) is 19.1 Å². The van der Waals surface area contributed by atoms with Crippen molar-refractivity contribution in [2.75, 3.05) is 25.0 Å². The van der Waals surface area contributed by atoms with Gasteiger partial charge in [0.1, 0.15) is 17.1 Å². The summed E-state index contributed by atoms with van der Waals surface area (Å²) in [5.41, 5.74) is -1.34. The van der Waals surface area contributed by atoms with Crippen LogP contribution in [0.15, 0.2) is 17.1 Å². The van der Waals surface area contributed by atoms with Gasteiger partial charge in [-0.3, -0.25) is 4.79 Å². The maximum atomic E-state index is 15.6. The zero-order valence-corrected chi connectivity index (χ0v) is 15.5. The van der Waals surface area contributed by atoms with Gasteiger partial charge in [-0.1, -0.05) is 0 Å². The molecular weight excluding hydrogens is 368 g/mol. The van der Waals surface area contributed by atoms with Crippen LogP contribution in [0.5, 0.6) is 0 Å². The molecule has 2 saturated carbocycles. The van der Waals surface area contributed by atoms with Crippen molar-refractivity contribution in [1.29, 1.82) is 0 Å². The minimum absolute atomic E-state index is 0.0100. The predicted octanol–water partition coefficient (Wildman–Crippen LogP) is 2.50. The fourth-order valence-electron chi connectivity index (χ4n) is 4.81. The van der Waals surface area contributed by atoms with Crippen molar-refractivity contribution in [2.24, 2.45) is 5.41 Å². The third kappa shape index (κ3) is 2.40. The number of carboxylic acid groups (broad SMARTS) is 1. The molecule has 2 aliphatic carbocycles. The zero-order valence-electron chi connectivity index (χ0n) is 15.5. The van der Waals surface area contributed by atoms with E-state index in [1.165, 1.54) is 10.8 Å². The van der Waals surface area contributed by atoms with Gasteiger partial charge in [-0.15, -0.1) is 0 Å². The Hall–Kier alpha value is -2.48. The Kier molecular flexibility index (Phi) is 3.62. The van der Waals surface area contributed by atoms with Gasteiger partial charge < -0.3 is 19.9 Å². The fraction of sp³-hybridized carbons (Fsp3) is 0.500. The van der Waals surface area contributed by atoms with E-state index in [4.69, 9.17) is 0 Å². The Labute approximate surface area is 159 Å². The lowest BCUT2D eigenvalue weighted by Gasteiger charge is -2.22. The number of benzene rings is 1. The van der Waals surface area contributed by atoms with E-state index in [0.29, 0.717) is 19.1 Å². The summed E-state index contributed by atoms with van der Waals surface area (Å²) in [6.07, 6.45) is 4.62. The molecule has 3 aliphatic rings. The van der Waals surface area contributed by atoms with Crippen LogP contribution in [0.4, 0.5) is 14.5 Å². The number of nitrogens with one attached hydrogen (secondary N) is 1. The van der Waals surface area contributed by atoms with E-state index >= 15 is 4.39 Å². The molecule has 1 aliphatic heterocycles. The molecule has 1 aromatic heterocycles. The highest BCUT2D eigenvalue weighted by Crippen LogP contribution is 2.54. The second-order valence-electron chi connectivity index (χ2n) is 8.31. The average molecular weight is 389 g/mol. The summed E-state index contributed by atoms with van der Waals surface area (Å²) in [6, 6.07) is 1.32. The largest absolute Gasteiger partial charge is 0.477 e. The first-order chi connectivity index (χ1) is 13.4. The lowest BCUT2D eigenvalue weighted by atomic mass is 10.1. The number of aromatic carboxylic acids is 1. The standard InChI is InChI=1S/C20H21F2N3O3/c1-23-14-7-20(14)4-5-24(9-20)17-13(21)6-11-16(15(17)22)25(10-2-3-10)8-12(18(11)26)19(27)28/h6,8,10,14,23H,2-5,7,9H2,1H3,(H,27,28). The molecule has 2 aromatic rings. The molecule has 1 saturated heterocycles. The van der Waals surface area contributed by atoms with E-state index in [1.54, 1.807) is 4.90 Å². The van der Waals surface area contributed by atoms with Crippen LogP contribution in [-0.2, 0) is 0 Å². The molecule has 1 aromatic carbocycles. The van der Waals surface area contributed by atoms with Crippen LogP contribution in [0.1, 0.15) is 42.1 Å². The van der Waals surface area contributed by atoms with Crippen molar-refractivity contribution in [3.05, 3.63) is 39.7 Å². The van der Waals surface area contributed by atoms with Crippen LogP contribution in [-0.4, -0.2) is 41.8 Å². The van der Waals surface area contributed by atoms with Crippen molar-refractivity contribution in [3.8, 4) is 0 Å². The van der Waals surface area contributed by atoms with Crippen LogP contribution in [0.25, 0.3) is 10.9 Å². The van der Waals surface area contributed by atoms with Gasteiger partial charge in [0.2, 0.25) is 5.43 Å². The van der Waals surface area contributed by atoms with Gasteiger partial charge in [0.25, 0.3) is 0 Å². The number of aromatic nitrogens is 1. The minimum Gasteiger partial charge on any atom is -0.477 e. The van der Waals surface area contributed by atoms with E-state index in [1.807, 2.05) is 7.05 Å². The third-order valence-electron chi connectivity index (χ3n) is 6.59. The van der Waals surface area contributed by atoms with Crippen LogP contribution < -0.4 is 15.6 Å². The van der Waals surface area contributed by atoms with Crippen LogP contribution in [0.3, 0.4) is 0 Å². The Morgan fingerprint density at radius 3 is 2.71 bits per heavy atom. The van der Waals surface area contributed by atoms with E-state index < -0.39 is 28.6 Å². The van der Waals surface area contributed by atoms with E-state index in [0.717, 1.165) is 31.7 Å². The average Bonchev–Trinajstić information content (AvgIpc) is 3.54. The minimum atomic E-state index is -1.39. The molecule has 2 N–H and O–H groups in total. The van der Waals surface area contributed by atoms with Gasteiger partial charge >= 0.3 is 5.97 Å². The second-order valence-corrected chi connectivity index (χ2v) is 8.31. The molecule has 0 amide bonds. The summed E-state index contributed by atoms with van der Waals surface area (Å²) in [7, 11) is 1.90. The molecule has 148 valence electrons. The maximum Gasteiger partial charge on any atom is 0.341 e. The Balaban J connectivity index is 1.68. The van der Waals surface area contributed by atoms with Gasteiger partial charge in [-0.25, -0.2) is 13.6 Å². The molecule has 2 heterocycles. The third-order valence-corrected chi connectivity index (χ3v) is 6.59. The van der Waals surface area contributed by atoms with Gasteiger partial charge in [0.15, 0.2) is 5.82 Å². The molecule has 2 unspecified atom stereocenters. The normalized spacial score (nSPS) is 26.4. The van der Waals surface area contributed by atoms with Crippen molar-refractivity contribution in [2.45, 2.75) is 37.8 Å². The van der Waals surface area contributed by atoms with Crippen molar-refractivity contribution in [3.63, 3.8) is 0 Å². The lowest BCUT2D eigenvalue weighted by Crippen LogP contribution is -2.27. The van der Waals surface area contributed by atoms with Crippen LogP contribution in [0, 0.1) is 17.0 Å². The summed E-state index contributed by atoms with van der Waals surface area (Å²) in [5, 5.41) is 12.3. The quantitative estimate of drug-likeness (QED) is 0.841. The summed E-state index contributed by atoms with van der Waals surface area (Å²) in [6.45, 7) is 1.12. The highest BCUT2D eigenvalue weighted by molar-refractivity contribution is 5.94. The van der Waals surface area contributed by atoms with Crippen molar-refractivity contribution < 1.29 is 18.7 Å². The second kappa shape index (κ2) is 5.76. The molecule has 1 spiro atoms. The smallest absolute Gasteiger partial charge is 0.341 e. The molecule has 2 atom stereocenters. The van der Waals surface area contributed by atoms with Gasteiger partial charge in [0, 0.05) is 36.8 Å². The van der Waals surface area contributed by atoms with Gasteiger partial charge in [-0.2, -0.15) is 0 Å². The Morgan fingerprint density at radius 2 is 2.11 bits per heavy atom. The van der Waals surface area contributed by atoms with Crippen LogP contribution >= 0.6 is 0 Å². The number of carbonyl (C=O) groups is 1. The summed E-state index contributed by atoms with van der Waals surface area (Å²) in [4.78, 5) is 25.7. The van der Waals surface area contributed by atoms with Crippen molar-refractivity contribution >= 4 is 22.6 Å². The number of nitrogens with zero attached hydrogens (tertiary/aromatic N) is 2. The molecule has 6 nitrogen and oxygen atoms in total. The number of fused-ring (bicyclic) bond motifs is 1. The number of halogens is 2.